The highest BCUT2D eigenvalue weighted by Gasteiger charge is 2.33. The molecular weight excluding hydrogens is 140 g/mol. The number of hydrogen-bond donors (Lipinski definition) is 3. The van der Waals surface area contributed by atoms with Crippen LogP contribution in [-0.4, -0.2) is 45.1 Å². The van der Waals surface area contributed by atoms with E-state index in [1.807, 2.05) is 0 Å². The molecule has 0 spiro atoms. The molecule has 0 aliphatic carbocycles. The molecule has 0 unspecified atom stereocenters. The molecule has 0 aromatic carbocycles. The van der Waals surface area contributed by atoms with E-state index < -0.39 is 12.2 Å². The third-order valence-corrected chi connectivity index (χ3v) is 2.83. The van der Waals surface area contributed by atoms with Gasteiger partial charge in [0.15, 0.2) is 0 Å². The van der Waals surface area contributed by atoms with E-state index in [0.29, 0.717) is 5.75 Å². The Morgan fingerprint density at radius 2 is 2.11 bits per heavy atom. The zero-order valence-electron chi connectivity index (χ0n) is 4.90. The average Bonchev–Trinajstić information content (AvgIpc) is 2.15. The molecule has 9 heavy (non-hydrogen) atoms. The molecule has 3 nitrogen and oxygen atoms in total. The maximum atomic E-state index is 9.03. The van der Waals surface area contributed by atoms with Gasteiger partial charge < -0.3 is 15.3 Å². The van der Waals surface area contributed by atoms with Crippen molar-refractivity contribution in [2.75, 3.05) is 12.4 Å². The van der Waals surface area contributed by atoms with Crippen molar-refractivity contribution in [1.82, 2.24) is 0 Å². The quantitative estimate of drug-likeness (QED) is 0.440. The Morgan fingerprint density at radius 3 is 2.33 bits per heavy atom. The highest BCUT2D eigenvalue weighted by Crippen LogP contribution is 2.26. The van der Waals surface area contributed by atoms with Gasteiger partial charge in [0.05, 0.1) is 24.1 Å². The van der Waals surface area contributed by atoms with Crippen molar-refractivity contribution in [2.24, 2.45) is 0 Å². The van der Waals surface area contributed by atoms with Crippen molar-refractivity contribution < 1.29 is 15.3 Å². The molecule has 1 saturated heterocycles. The van der Waals surface area contributed by atoms with E-state index in [1.54, 1.807) is 0 Å². The minimum Gasteiger partial charge on any atom is -0.395 e. The van der Waals surface area contributed by atoms with Gasteiger partial charge in [0.2, 0.25) is 0 Å². The maximum Gasteiger partial charge on any atom is 0.0947 e. The van der Waals surface area contributed by atoms with Crippen LogP contribution in [0.1, 0.15) is 0 Å². The lowest BCUT2D eigenvalue weighted by atomic mass is 10.2. The number of rotatable bonds is 1. The van der Waals surface area contributed by atoms with Gasteiger partial charge in [-0.05, 0) is 0 Å². The first-order valence-corrected chi connectivity index (χ1v) is 3.89. The third-order valence-electron chi connectivity index (χ3n) is 1.44. The van der Waals surface area contributed by atoms with Gasteiger partial charge in [-0.1, -0.05) is 0 Å². The monoisotopic (exact) mass is 150 g/mol. The molecule has 1 aliphatic rings. The van der Waals surface area contributed by atoms with Gasteiger partial charge in [-0.2, -0.15) is 11.8 Å². The molecule has 0 amide bonds. The topological polar surface area (TPSA) is 60.7 Å². The number of hydrogen-bond acceptors (Lipinski definition) is 4. The predicted octanol–water partition coefficient (Wildman–Crippen LogP) is -1.18. The summed E-state index contributed by atoms with van der Waals surface area (Å²) in [5, 5.41) is 26.3. The first-order valence-electron chi connectivity index (χ1n) is 2.84. The van der Waals surface area contributed by atoms with E-state index in [1.165, 1.54) is 11.8 Å². The first kappa shape index (κ1) is 7.34. The largest absolute Gasteiger partial charge is 0.395 e. The van der Waals surface area contributed by atoms with E-state index in [4.69, 9.17) is 15.3 Å². The second-order valence-corrected chi connectivity index (χ2v) is 3.38. The lowest BCUT2D eigenvalue weighted by Crippen LogP contribution is -2.30. The van der Waals surface area contributed by atoms with Crippen LogP contribution in [0.5, 0.6) is 0 Å². The Morgan fingerprint density at radius 1 is 1.44 bits per heavy atom. The Hall–Kier alpha value is 0.230. The summed E-state index contributed by atoms with van der Waals surface area (Å²) in [4.78, 5) is 0. The highest BCUT2D eigenvalue weighted by molar-refractivity contribution is 8.00. The van der Waals surface area contributed by atoms with Crippen LogP contribution in [-0.2, 0) is 0 Å². The van der Waals surface area contributed by atoms with Gasteiger partial charge in [-0.3, -0.25) is 0 Å². The van der Waals surface area contributed by atoms with E-state index in [2.05, 4.69) is 0 Å². The van der Waals surface area contributed by atoms with Gasteiger partial charge in [-0.25, -0.2) is 0 Å². The molecule has 3 atom stereocenters. The molecule has 0 aromatic heterocycles. The zero-order valence-corrected chi connectivity index (χ0v) is 5.71. The first-order chi connectivity index (χ1) is 4.25. The van der Waals surface area contributed by atoms with E-state index in [-0.39, 0.29) is 11.9 Å². The van der Waals surface area contributed by atoms with Crippen LogP contribution < -0.4 is 0 Å². The van der Waals surface area contributed by atoms with Crippen LogP contribution in [0.2, 0.25) is 0 Å². The molecule has 3 N–H and O–H groups in total. The molecule has 0 aromatic rings. The summed E-state index contributed by atoms with van der Waals surface area (Å²) in [7, 11) is 0. The Bertz CT molecular complexity index is 98.2. The molecule has 0 radical (unpaired) electrons. The fraction of sp³-hybridized carbons (Fsp3) is 1.00. The van der Waals surface area contributed by atoms with Crippen LogP contribution in [0.25, 0.3) is 0 Å². The molecule has 1 heterocycles. The average molecular weight is 150 g/mol. The Kier molecular flexibility index (Phi) is 2.35. The van der Waals surface area contributed by atoms with Gasteiger partial charge in [0.25, 0.3) is 0 Å². The fourth-order valence-corrected chi connectivity index (χ4v) is 1.95. The molecule has 1 aliphatic heterocycles. The van der Waals surface area contributed by atoms with Crippen molar-refractivity contribution >= 4 is 11.8 Å². The van der Waals surface area contributed by atoms with E-state index in [9.17, 15) is 0 Å². The van der Waals surface area contributed by atoms with E-state index in [0.717, 1.165) is 0 Å². The van der Waals surface area contributed by atoms with Crippen molar-refractivity contribution in [3.05, 3.63) is 0 Å². The Labute approximate surface area is 57.7 Å². The molecule has 0 saturated carbocycles. The molecule has 1 rings (SSSR count). The smallest absolute Gasteiger partial charge is 0.0947 e. The van der Waals surface area contributed by atoms with Crippen LogP contribution in [0.15, 0.2) is 0 Å². The summed E-state index contributed by atoms with van der Waals surface area (Å²) in [6.07, 6.45) is -1.38. The van der Waals surface area contributed by atoms with Crippen molar-refractivity contribution in [2.45, 2.75) is 17.5 Å². The molecule has 4 heteroatoms. The molecule has 54 valence electrons. The predicted molar refractivity (Wildman–Crippen MR) is 35.3 cm³/mol. The summed E-state index contributed by atoms with van der Waals surface area (Å²) in [6, 6.07) is 0. The molecular formula is C5H10O3S. The minimum absolute atomic E-state index is 0.0527. The fourth-order valence-electron chi connectivity index (χ4n) is 0.828. The molecule has 1 fully saturated rings. The van der Waals surface area contributed by atoms with Crippen LogP contribution >= 0.6 is 11.8 Å². The second kappa shape index (κ2) is 2.88. The van der Waals surface area contributed by atoms with Crippen LogP contribution in [0, 0.1) is 0 Å². The SMILES string of the molecule is OC[C@@H]1SC[C@H](O)[C@H]1O. The Balaban J connectivity index is 2.41. The van der Waals surface area contributed by atoms with Gasteiger partial charge in [0, 0.05) is 5.75 Å². The normalized spacial score (nSPS) is 43.7. The third kappa shape index (κ3) is 1.38. The van der Waals surface area contributed by atoms with Gasteiger partial charge in [-0.15, -0.1) is 0 Å². The van der Waals surface area contributed by atoms with Crippen molar-refractivity contribution in [3.63, 3.8) is 0 Å². The number of aliphatic hydroxyl groups excluding tert-OH is 3. The maximum absolute atomic E-state index is 9.03. The number of aliphatic hydroxyl groups is 3. The lowest BCUT2D eigenvalue weighted by molar-refractivity contribution is 0.0326. The summed E-state index contributed by atoms with van der Waals surface area (Å²) in [5.41, 5.74) is 0. The second-order valence-electron chi connectivity index (χ2n) is 2.11. The summed E-state index contributed by atoms with van der Waals surface area (Å²) < 4.78 is 0. The summed E-state index contributed by atoms with van der Waals surface area (Å²) in [6.45, 7) is -0.0527. The van der Waals surface area contributed by atoms with E-state index >= 15 is 0 Å². The number of thioether (sulfide) groups is 1. The zero-order chi connectivity index (χ0) is 6.85. The van der Waals surface area contributed by atoms with Gasteiger partial charge >= 0.3 is 0 Å². The standard InChI is InChI=1S/C5H10O3S/c6-1-4-5(8)3(7)2-9-4/h3-8H,1-2H2/t3-,4-,5+/m0/s1. The molecule has 0 bridgehead atoms. The summed E-state index contributed by atoms with van der Waals surface area (Å²) in [5.74, 6) is 0.534. The van der Waals surface area contributed by atoms with Crippen molar-refractivity contribution in [1.29, 1.82) is 0 Å². The van der Waals surface area contributed by atoms with Crippen LogP contribution in [0.4, 0.5) is 0 Å². The van der Waals surface area contributed by atoms with Gasteiger partial charge in [0.1, 0.15) is 0 Å². The highest BCUT2D eigenvalue weighted by atomic mass is 32.2. The van der Waals surface area contributed by atoms with Crippen LogP contribution in [0.3, 0.4) is 0 Å². The summed E-state index contributed by atoms with van der Waals surface area (Å²) >= 11 is 1.41. The van der Waals surface area contributed by atoms with Crippen molar-refractivity contribution in [3.8, 4) is 0 Å². The minimum atomic E-state index is -0.736. The lowest BCUT2D eigenvalue weighted by Gasteiger charge is -2.11.